The average molecular weight is 318 g/mol. The Bertz CT molecular complexity index is 249. The van der Waals surface area contributed by atoms with Crippen LogP contribution in [0.4, 0.5) is 0 Å². The summed E-state index contributed by atoms with van der Waals surface area (Å²) in [5.41, 5.74) is -0.109. The molecule has 0 saturated carbocycles. The van der Waals surface area contributed by atoms with Crippen LogP contribution in [0.25, 0.3) is 0 Å². The summed E-state index contributed by atoms with van der Waals surface area (Å²) in [6.45, 7) is 4.69. The summed E-state index contributed by atoms with van der Waals surface area (Å²) >= 11 is 1.59. The summed E-state index contributed by atoms with van der Waals surface area (Å²) in [6, 6.07) is 0. The van der Waals surface area contributed by atoms with Crippen molar-refractivity contribution in [2.45, 2.75) is 13.8 Å². The lowest BCUT2D eigenvalue weighted by molar-refractivity contribution is -0.107. The molecule has 1 saturated heterocycles. The maximum Gasteiger partial charge on any atom is 0.338 e. The minimum atomic E-state index is -3.11. The first-order valence-electron chi connectivity index (χ1n) is 3.90. The number of halogens is 1. The molecule has 0 aromatic heterocycles. The zero-order chi connectivity index (χ0) is 10.1. The first kappa shape index (κ1) is 11.6. The Labute approximate surface area is 91.0 Å². The van der Waals surface area contributed by atoms with Gasteiger partial charge in [0, 0.05) is 28.0 Å². The fraction of sp³-hybridized carbons (Fsp3) is 0.857. The van der Waals surface area contributed by atoms with Crippen LogP contribution in [0.5, 0.6) is 0 Å². The highest BCUT2D eigenvalue weighted by Gasteiger charge is 2.37. The predicted molar refractivity (Wildman–Crippen MR) is 57.2 cm³/mol. The second-order valence-electron chi connectivity index (χ2n) is 3.84. The summed E-state index contributed by atoms with van der Waals surface area (Å²) in [7, 11) is -3.11. The molecule has 0 bridgehead atoms. The van der Waals surface area contributed by atoms with E-state index in [2.05, 4.69) is 0 Å². The average Bonchev–Trinajstić information content (AvgIpc) is 1.95. The third-order valence-electron chi connectivity index (χ3n) is 1.62. The van der Waals surface area contributed by atoms with Gasteiger partial charge in [-0.15, -0.1) is 0 Å². The van der Waals surface area contributed by atoms with Gasteiger partial charge in [-0.2, -0.15) is 0 Å². The smallest absolute Gasteiger partial charge is 0.308 e. The summed E-state index contributed by atoms with van der Waals surface area (Å²) in [4.78, 5) is 10.7. The number of carbonyl (C=O) groups is 1. The summed E-state index contributed by atoms with van der Waals surface area (Å²) in [5, 5.41) is 0. The van der Waals surface area contributed by atoms with E-state index in [9.17, 15) is 9.36 Å². The van der Waals surface area contributed by atoms with E-state index >= 15 is 0 Å². The molecule has 0 atom stereocenters. The van der Waals surface area contributed by atoms with Crippen LogP contribution in [0.3, 0.4) is 0 Å². The SMILES string of the molecule is CC1(C)COP(=O)(CC(=O)I)OC1. The summed E-state index contributed by atoms with van der Waals surface area (Å²) < 4.78 is 21.7. The van der Waals surface area contributed by atoms with Gasteiger partial charge in [0.1, 0.15) is 6.16 Å². The molecule has 0 unspecified atom stereocenters. The van der Waals surface area contributed by atoms with Gasteiger partial charge in [-0.25, -0.2) is 0 Å². The molecule has 1 heterocycles. The van der Waals surface area contributed by atoms with E-state index in [0.29, 0.717) is 13.2 Å². The first-order valence-corrected chi connectivity index (χ1v) is 6.70. The van der Waals surface area contributed by atoms with E-state index in [1.54, 1.807) is 22.6 Å². The van der Waals surface area contributed by atoms with Crippen molar-refractivity contribution >= 4 is 34.0 Å². The van der Waals surface area contributed by atoms with Crippen molar-refractivity contribution in [3.8, 4) is 0 Å². The third kappa shape index (κ3) is 3.65. The van der Waals surface area contributed by atoms with Gasteiger partial charge in [-0.3, -0.25) is 9.36 Å². The van der Waals surface area contributed by atoms with Crippen LogP contribution in [0.1, 0.15) is 13.8 Å². The number of carbonyl (C=O) groups excluding carboxylic acids is 1. The maximum atomic E-state index is 11.7. The molecule has 1 aliphatic rings. The highest BCUT2D eigenvalue weighted by Crippen LogP contribution is 2.53. The van der Waals surface area contributed by atoms with Crippen molar-refractivity contribution in [2.24, 2.45) is 5.41 Å². The Morgan fingerprint density at radius 1 is 1.46 bits per heavy atom. The monoisotopic (exact) mass is 318 g/mol. The number of hydrogen-bond acceptors (Lipinski definition) is 4. The highest BCUT2D eigenvalue weighted by atomic mass is 127. The lowest BCUT2D eigenvalue weighted by Gasteiger charge is -2.33. The Morgan fingerprint density at radius 3 is 2.31 bits per heavy atom. The van der Waals surface area contributed by atoms with Crippen molar-refractivity contribution in [3.05, 3.63) is 0 Å². The topological polar surface area (TPSA) is 52.6 Å². The van der Waals surface area contributed by atoms with Crippen LogP contribution >= 0.6 is 30.2 Å². The Kier molecular flexibility index (Phi) is 3.54. The van der Waals surface area contributed by atoms with Crippen LogP contribution in [-0.2, 0) is 18.4 Å². The zero-order valence-electron chi connectivity index (χ0n) is 7.58. The van der Waals surface area contributed by atoms with E-state index in [0.717, 1.165) is 0 Å². The molecule has 76 valence electrons. The van der Waals surface area contributed by atoms with Gasteiger partial charge < -0.3 is 9.05 Å². The normalized spacial score (nSPS) is 25.5. The Hall–Kier alpha value is 0.550. The molecule has 1 fully saturated rings. The molecule has 0 aromatic rings. The van der Waals surface area contributed by atoms with Crippen LogP contribution in [0.2, 0.25) is 0 Å². The molecule has 0 aliphatic carbocycles. The lowest BCUT2D eigenvalue weighted by atomic mass is 9.97. The van der Waals surface area contributed by atoms with Crippen molar-refractivity contribution in [3.63, 3.8) is 0 Å². The standard InChI is InChI=1S/C7H12IO4P/c1-7(2)4-11-13(10,12-5-7)3-6(8)9/h3-5H2,1-2H3. The summed E-state index contributed by atoms with van der Waals surface area (Å²) in [6.07, 6.45) is -0.121. The molecule has 0 radical (unpaired) electrons. The largest absolute Gasteiger partial charge is 0.338 e. The molecule has 0 amide bonds. The molecule has 4 nitrogen and oxygen atoms in total. The molecule has 6 heteroatoms. The van der Waals surface area contributed by atoms with E-state index in [-0.39, 0.29) is 15.4 Å². The van der Waals surface area contributed by atoms with Crippen LogP contribution in [0, 0.1) is 5.41 Å². The molecule has 0 spiro atoms. The predicted octanol–water partition coefficient (Wildman–Crippen LogP) is 2.21. The Morgan fingerprint density at radius 2 is 1.92 bits per heavy atom. The van der Waals surface area contributed by atoms with E-state index in [1.807, 2.05) is 13.8 Å². The third-order valence-corrected chi connectivity index (χ3v) is 4.33. The van der Waals surface area contributed by atoms with E-state index < -0.39 is 7.60 Å². The molecule has 0 N–H and O–H groups in total. The van der Waals surface area contributed by atoms with Crippen LogP contribution in [0.15, 0.2) is 0 Å². The van der Waals surface area contributed by atoms with Crippen molar-refractivity contribution in [2.75, 3.05) is 19.4 Å². The van der Waals surface area contributed by atoms with Crippen molar-refractivity contribution < 1.29 is 18.4 Å². The second-order valence-corrected chi connectivity index (χ2v) is 7.09. The van der Waals surface area contributed by atoms with Crippen LogP contribution < -0.4 is 0 Å². The molecule has 1 aliphatic heterocycles. The first-order chi connectivity index (χ1) is 5.83. The van der Waals surface area contributed by atoms with Crippen molar-refractivity contribution in [1.82, 2.24) is 0 Å². The van der Waals surface area contributed by atoms with Gasteiger partial charge in [-0.05, 0) is 0 Å². The van der Waals surface area contributed by atoms with Gasteiger partial charge in [0.2, 0.25) is 3.79 Å². The number of rotatable bonds is 2. The van der Waals surface area contributed by atoms with Gasteiger partial charge in [0.25, 0.3) is 0 Å². The minimum absolute atomic E-state index is 0.109. The highest BCUT2D eigenvalue weighted by molar-refractivity contribution is 14.1. The second kappa shape index (κ2) is 3.96. The van der Waals surface area contributed by atoms with E-state index in [4.69, 9.17) is 9.05 Å². The van der Waals surface area contributed by atoms with Crippen LogP contribution in [-0.4, -0.2) is 23.2 Å². The molecular formula is C7H12IO4P. The van der Waals surface area contributed by atoms with Gasteiger partial charge in [0.15, 0.2) is 0 Å². The molecule has 0 aromatic carbocycles. The maximum absolute atomic E-state index is 11.7. The summed E-state index contributed by atoms with van der Waals surface area (Å²) in [5.74, 6) is 0. The molecule has 13 heavy (non-hydrogen) atoms. The lowest BCUT2D eigenvalue weighted by Crippen LogP contribution is -2.30. The molecular weight excluding hydrogens is 306 g/mol. The fourth-order valence-corrected chi connectivity index (χ4v) is 3.78. The molecule has 1 rings (SSSR count). The van der Waals surface area contributed by atoms with Gasteiger partial charge >= 0.3 is 7.60 Å². The quantitative estimate of drug-likeness (QED) is 0.445. The minimum Gasteiger partial charge on any atom is -0.308 e. The zero-order valence-corrected chi connectivity index (χ0v) is 10.6. The van der Waals surface area contributed by atoms with Crippen molar-refractivity contribution in [1.29, 1.82) is 0 Å². The Balaban J connectivity index is 2.57. The number of hydrogen-bond donors (Lipinski definition) is 0. The van der Waals surface area contributed by atoms with Gasteiger partial charge in [-0.1, -0.05) is 13.8 Å². The fourth-order valence-electron chi connectivity index (χ4n) is 0.869. The van der Waals surface area contributed by atoms with Gasteiger partial charge in [0.05, 0.1) is 13.2 Å². The van der Waals surface area contributed by atoms with E-state index in [1.165, 1.54) is 0 Å².